The second-order valence-corrected chi connectivity index (χ2v) is 9.14. The van der Waals surface area contributed by atoms with Gasteiger partial charge in [-0.3, -0.25) is 0 Å². The molecule has 0 fully saturated rings. The minimum absolute atomic E-state index is 0.298. The summed E-state index contributed by atoms with van der Waals surface area (Å²) < 4.78 is 25.6. The zero-order chi connectivity index (χ0) is 25.9. The lowest BCUT2D eigenvalue weighted by Crippen LogP contribution is -2.36. The lowest BCUT2D eigenvalue weighted by atomic mass is 9.98. The molecule has 2 atom stereocenters. The average Bonchev–Trinajstić information content (AvgIpc) is 3.56. The lowest BCUT2D eigenvalue weighted by Gasteiger charge is -2.27. The SMILES string of the molecule is CCOC(=O)C1=CCNN1CC[C@@H]1O[C@@H](c2cccc(OC)c2OC)c2cc(Cl)ccc2-n2cccc21. The van der Waals surface area contributed by atoms with Crippen molar-refractivity contribution in [3.8, 4) is 17.2 Å². The van der Waals surface area contributed by atoms with Gasteiger partial charge in [-0.25, -0.2) is 10.2 Å². The molecule has 37 heavy (non-hydrogen) atoms. The standard InChI is InChI=1S/C28H30ClN3O5/c1-4-36-28(33)23-12-14-30-32(23)16-13-24-22-8-6-15-31(22)21-11-10-18(29)17-20(21)26(37-24)19-7-5-9-25(34-2)27(19)35-3/h5-12,15,17,24,26,30H,4,13-14,16H2,1-3H3/t24-,26-/m0/s1. The summed E-state index contributed by atoms with van der Waals surface area (Å²) in [7, 11) is 3.24. The first-order valence-corrected chi connectivity index (χ1v) is 12.6. The normalized spacial score (nSPS) is 18.5. The van der Waals surface area contributed by atoms with E-state index in [0.29, 0.717) is 48.3 Å². The number of rotatable bonds is 8. The van der Waals surface area contributed by atoms with Crippen molar-refractivity contribution in [1.29, 1.82) is 0 Å². The molecule has 3 aromatic rings. The van der Waals surface area contributed by atoms with Crippen molar-refractivity contribution >= 4 is 17.6 Å². The van der Waals surface area contributed by atoms with Gasteiger partial charge >= 0.3 is 5.97 Å². The van der Waals surface area contributed by atoms with Gasteiger partial charge in [0.25, 0.3) is 0 Å². The third kappa shape index (κ3) is 4.80. The molecule has 0 amide bonds. The number of esters is 1. The van der Waals surface area contributed by atoms with E-state index >= 15 is 0 Å². The number of methoxy groups -OCH3 is 2. The number of aromatic nitrogens is 1. The Labute approximate surface area is 221 Å². The summed E-state index contributed by atoms with van der Waals surface area (Å²) in [5.74, 6) is 0.900. The summed E-state index contributed by atoms with van der Waals surface area (Å²) >= 11 is 6.49. The highest BCUT2D eigenvalue weighted by Gasteiger charge is 2.34. The Morgan fingerprint density at radius 2 is 2.00 bits per heavy atom. The molecule has 0 spiro atoms. The average molecular weight is 524 g/mol. The van der Waals surface area contributed by atoms with Crippen molar-refractivity contribution in [2.75, 3.05) is 33.9 Å². The lowest BCUT2D eigenvalue weighted by molar-refractivity contribution is -0.140. The van der Waals surface area contributed by atoms with E-state index in [2.05, 4.69) is 16.1 Å². The van der Waals surface area contributed by atoms with Gasteiger partial charge in [0.1, 0.15) is 17.9 Å². The van der Waals surface area contributed by atoms with E-state index in [1.54, 1.807) is 21.1 Å². The van der Waals surface area contributed by atoms with Crippen LogP contribution in [0.5, 0.6) is 11.5 Å². The van der Waals surface area contributed by atoms with Crippen molar-refractivity contribution in [1.82, 2.24) is 15.0 Å². The van der Waals surface area contributed by atoms with Gasteiger partial charge < -0.3 is 28.5 Å². The number of ether oxygens (including phenoxy) is 4. The molecule has 0 aliphatic carbocycles. The highest BCUT2D eigenvalue weighted by molar-refractivity contribution is 6.30. The Morgan fingerprint density at radius 3 is 2.78 bits per heavy atom. The van der Waals surface area contributed by atoms with Crippen LogP contribution in [0, 0.1) is 0 Å². The Hall–Kier alpha value is -3.46. The largest absolute Gasteiger partial charge is 0.493 e. The molecular formula is C28H30ClN3O5. The molecule has 3 heterocycles. The van der Waals surface area contributed by atoms with Gasteiger partial charge in [-0.1, -0.05) is 23.7 Å². The molecule has 1 N–H and O–H groups in total. The van der Waals surface area contributed by atoms with Gasteiger partial charge in [0.15, 0.2) is 11.5 Å². The van der Waals surface area contributed by atoms with E-state index in [1.807, 2.05) is 59.7 Å². The van der Waals surface area contributed by atoms with E-state index in [4.69, 9.17) is 30.5 Å². The molecule has 1 aromatic heterocycles. The monoisotopic (exact) mass is 523 g/mol. The van der Waals surface area contributed by atoms with E-state index in [0.717, 1.165) is 22.5 Å². The maximum Gasteiger partial charge on any atom is 0.355 e. The number of nitrogens with zero attached hydrogens (tertiary/aromatic N) is 2. The molecule has 2 aliphatic rings. The molecule has 0 radical (unpaired) electrons. The minimum atomic E-state index is -0.477. The second-order valence-electron chi connectivity index (χ2n) is 8.71. The molecule has 0 saturated heterocycles. The molecule has 2 aliphatic heterocycles. The highest BCUT2D eigenvalue weighted by Crippen LogP contribution is 2.46. The number of nitrogens with one attached hydrogen (secondary N) is 1. The summed E-state index contributed by atoms with van der Waals surface area (Å²) in [5.41, 5.74) is 7.51. The van der Waals surface area contributed by atoms with E-state index < -0.39 is 6.10 Å². The van der Waals surface area contributed by atoms with Crippen molar-refractivity contribution in [2.24, 2.45) is 0 Å². The molecule has 0 saturated carbocycles. The predicted molar refractivity (Wildman–Crippen MR) is 140 cm³/mol. The number of halogens is 1. The zero-order valence-corrected chi connectivity index (χ0v) is 21.8. The second kappa shape index (κ2) is 10.9. The Balaban J connectivity index is 1.53. The number of hydrogen-bond donors (Lipinski definition) is 1. The number of para-hydroxylation sites is 1. The van der Waals surface area contributed by atoms with Gasteiger partial charge in [-0.15, -0.1) is 0 Å². The Kier molecular flexibility index (Phi) is 7.41. The Morgan fingerprint density at radius 1 is 1.14 bits per heavy atom. The molecule has 194 valence electrons. The zero-order valence-electron chi connectivity index (χ0n) is 21.1. The first kappa shape index (κ1) is 25.2. The fourth-order valence-electron chi connectivity index (χ4n) is 5.01. The fourth-order valence-corrected chi connectivity index (χ4v) is 5.19. The first-order chi connectivity index (χ1) is 18.0. The number of hydrazine groups is 1. The number of hydrogen-bond acceptors (Lipinski definition) is 7. The minimum Gasteiger partial charge on any atom is -0.493 e. The summed E-state index contributed by atoms with van der Waals surface area (Å²) in [6.07, 6.45) is 3.71. The fraction of sp³-hybridized carbons (Fsp3) is 0.321. The number of fused-ring (bicyclic) bond motifs is 3. The van der Waals surface area contributed by atoms with Crippen LogP contribution in [0.4, 0.5) is 0 Å². The van der Waals surface area contributed by atoms with Crippen LogP contribution in [-0.4, -0.2) is 49.5 Å². The van der Waals surface area contributed by atoms with Crippen LogP contribution in [0.25, 0.3) is 5.69 Å². The van der Waals surface area contributed by atoms with Crippen molar-refractivity contribution in [3.05, 3.63) is 88.3 Å². The van der Waals surface area contributed by atoms with Gasteiger partial charge in [-0.2, -0.15) is 0 Å². The summed E-state index contributed by atoms with van der Waals surface area (Å²) in [5, 5.41) is 2.46. The third-order valence-electron chi connectivity index (χ3n) is 6.63. The van der Waals surface area contributed by atoms with Gasteiger partial charge in [0, 0.05) is 35.4 Å². The summed E-state index contributed by atoms with van der Waals surface area (Å²) in [4.78, 5) is 12.4. The van der Waals surface area contributed by atoms with Gasteiger partial charge in [0.05, 0.1) is 32.2 Å². The van der Waals surface area contributed by atoms with Gasteiger partial charge in [0.2, 0.25) is 0 Å². The van der Waals surface area contributed by atoms with Crippen LogP contribution in [0.1, 0.15) is 42.4 Å². The van der Waals surface area contributed by atoms with Crippen LogP contribution in [0.2, 0.25) is 5.02 Å². The maximum absolute atomic E-state index is 12.4. The van der Waals surface area contributed by atoms with E-state index in [9.17, 15) is 4.79 Å². The van der Waals surface area contributed by atoms with Crippen molar-refractivity contribution in [3.63, 3.8) is 0 Å². The smallest absolute Gasteiger partial charge is 0.355 e. The van der Waals surface area contributed by atoms with Crippen LogP contribution < -0.4 is 14.9 Å². The molecule has 2 aromatic carbocycles. The van der Waals surface area contributed by atoms with Crippen LogP contribution in [0.3, 0.4) is 0 Å². The molecule has 0 bridgehead atoms. The first-order valence-electron chi connectivity index (χ1n) is 12.3. The molecular weight excluding hydrogens is 494 g/mol. The van der Waals surface area contributed by atoms with Crippen LogP contribution in [-0.2, 0) is 14.3 Å². The molecule has 9 heteroatoms. The van der Waals surface area contributed by atoms with Crippen LogP contribution >= 0.6 is 11.6 Å². The number of carbonyl (C=O) groups excluding carboxylic acids is 1. The van der Waals surface area contributed by atoms with E-state index in [-0.39, 0.29) is 12.1 Å². The maximum atomic E-state index is 12.4. The highest BCUT2D eigenvalue weighted by atomic mass is 35.5. The summed E-state index contributed by atoms with van der Waals surface area (Å²) in [6, 6.07) is 15.7. The topological polar surface area (TPSA) is 74.2 Å². The van der Waals surface area contributed by atoms with Crippen LogP contribution in [0.15, 0.2) is 66.5 Å². The molecule has 5 rings (SSSR count). The molecule has 8 nitrogen and oxygen atoms in total. The summed E-state index contributed by atoms with van der Waals surface area (Å²) in [6.45, 7) is 3.24. The molecule has 0 unspecified atom stereocenters. The van der Waals surface area contributed by atoms with Gasteiger partial charge in [-0.05, 0) is 55.8 Å². The quantitative estimate of drug-likeness (QED) is 0.418. The van der Waals surface area contributed by atoms with E-state index in [1.165, 1.54) is 0 Å². The number of benzene rings is 2. The third-order valence-corrected chi connectivity index (χ3v) is 6.86. The van der Waals surface area contributed by atoms with Crippen molar-refractivity contribution < 1.29 is 23.7 Å². The number of carbonyl (C=O) groups is 1. The van der Waals surface area contributed by atoms with Crippen molar-refractivity contribution in [2.45, 2.75) is 25.6 Å². The Bertz CT molecular complexity index is 1320. The predicted octanol–water partition coefficient (Wildman–Crippen LogP) is 4.97.